The van der Waals surface area contributed by atoms with Gasteiger partial charge in [0, 0.05) is 0 Å². The Morgan fingerprint density at radius 3 is 2.93 bits per heavy atom. The molecule has 2 N–H and O–H groups in total. The number of carbonyl (C=O) groups excluding carboxylic acids is 1. The Bertz CT molecular complexity index is 217. The first-order valence-corrected chi connectivity index (χ1v) is 5.82. The van der Waals surface area contributed by atoms with E-state index in [2.05, 4.69) is 17.6 Å². The zero-order valence-corrected chi connectivity index (χ0v) is 8.88. The molecule has 80 valence electrons. The van der Waals surface area contributed by atoms with E-state index in [1.807, 2.05) is 0 Å². The number of carbonyl (C=O) groups is 1. The lowest BCUT2D eigenvalue weighted by Crippen LogP contribution is -2.41. The minimum Gasteiger partial charge on any atom is -0.339 e. The number of rotatable bonds is 2. The molecule has 14 heavy (non-hydrogen) atoms. The first-order valence-electron chi connectivity index (χ1n) is 5.82. The van der Waals surface area contributed by atoms with Crippen molar-refractivity contribution in [1.29, 1.82) is 0 Å². The summed E-state index contributed by atoms with van der Waals surface area (Å²) in [5, 5.41) is 6.28. The van der Waals surface area contributed by atoms with Gasteiger partial charge in [-0.05, 0) is 24.7 Å². The Hall–Kier alpha value is -0.570. The highest BCUT2D eigenvalue weighted by Crippen LogP contribution is 2.32. The second-order valence-corrected chi connectivity index (χ2v) is 4.63. The molecule has 1 amide bonds. The van der Waals surface area contributed by atoms with Crippen LogP contribution in [0.3, 0.4) is 0 Å². The first kappa shape index (κ1) is 9.97. The van der Waals surface area contributed by atoms with Crippen molar-refractivity contribution in [3.63, 3.8) is 0 Å². The van der Waals surface area contributed by atoms with Gasteiger partial charge in [0.1, 0.15) is 0 Å². The van der Waals surface area contributed by atoms with Crippen LogP contribution in [0.1, 0.15) is 39.0 Å². The Morgan fingerprint density at radius 2 is 2.29 bits per heavy atom. The summed E-state index contributed by atoms with van der Waals surface area (Å²) >= 11 is 0. The van der Waals surface area contributed by atoms with Crippen molar-refractivity contribution >= 4 is 5.91 Å². The second kappa shape index (κ2) is 4.30. The van der Waals surface area contributed by atoms with Gasteiger partial charge in [-0.2, -0.15) is 0 Å². The molecule has 2 aliphatic rings. The molecule has 1 aliphatic carbocycles. The van der Waals surface area contributed by atoms with Crippen LogP contribution in [0.4, 0.5) is 0 Å². The van der Waals surface area contributed by atoms with Gasteiger partial charge in [-0.15, -0.1) is 0 Å². The molecule has 0 spiro atoms. The van der Waals surface area contributed by atoms with E-state index in [0.29, 0.717) is 12.5 Å². The predicted octanol–water partition coefficient (Wildman–Crippen LogP) is 1.25. The zero-order valence-electron chi connectivity index (χ0n) is 8.88. The van der Waals surface area contributed by atoms with Gasteiger partial charge >= 0.3 is 0 Å². The van der Waals surface area contributed by atoms with Gasteiger partial charge in [0.05, 0.1) is 12.7 Å². The topological polar surface area (TPSA) is 41.1 Å². The molecule has 2 rings (SSSR count). The number of nitrogens with one attached hydrogen (secondary N) is 2. The largest absolute Gasteiger partial charge is 0.339 e. The molecule has 1 saturated heterocycles. The zero-order chi connectivity index (χ0) is 9.97. The molecule has 3 atom stereocenters. The predicted molar refractivity (Wildman–Crippen MR) is 55.7 cm³/mol. The molecule has 0 bridgehead atoms. The highest BCUT2D eigenvalue weighted by atomic mass is 16.2. The highest BCUT2D eigenvalue weighted by Gasteiger charge is 2.31. The molecule has 0 radical (unpaired) electrons. The fourth-order valence-corrected chi connectivity index (χ4v) is 2.77. The van der Waals surface area contributed by atoms with Gasteiger partial charge in [0.2, 0.25) is 5.91 Å². The Balaban J connectivity index is 1.87. The van der Waals surface area contributed by atoms with Crippen molar-refractivity contribution in [2.75, 3.05) is 6.54 Å². The van der Waals surface area contributed by atoms with Gasteiger partial charge < -0.3 is 5.32 Å². The van der Waals surface area contributed by atoms with Crippen LogP contribution < -0.4 is 10.6 Å². The summed E-state index contributed by atoms with van der Waals surface area (Å²) in [6.45, 7) is 2.78. The van der Waals surface area contributed by atoms with Crippen molar-refractivity contribution in [3.05, 3.63) is 0 Å². The molecule has 3 nitrogen and oxygen atoms in total. The molecule has 1 heterocycles. The Labute approximate surface area is 85.6 Å². The maximum Gasteiger partial charge on any atom is 0.235 e. The average Bonchev–Trinajstić information content (AvgIpc) is 2.65. The smallest absolute Gasteiger partial charge is 0.235 e. The average molecular weight is 196 g/mol. The third kappa shape index (κ3) is 2.08. The lowest BCUT2D eigenvalue weighted by Gasteiger charge is -2.32. The SMILES string of the molecule is CCC1CCCC(C2NCC(=O)N2)C1. The summed E-state index contributed by atoms with van der Waals surface area (Å²) in [4.78, 5) is 11.1. The minimum absolute atomic E-state index is 0.161. The van der Waals surface area contributed by atoms with Crippen LogP contribution >= 0.6 is 0 Å². The molecule has 3 unspecified atom stereocenters. The molecule has 1 aliphatic heterocycles. The molecule has 0 aromatic rings. The minimum atomic E-state index is 0.161. The second-order valence-electron chi connectivity index (χ2n) is 4.63. The van der Waals surface area contributed by atoms with E-state index in [1.54, 1.807) is 0 Å². The maximum atomic E-state index is 11.1. The van der Waals surface area contributed by atoms with Crippen LogP contribution in [0.15, 0.2) is 0 Å². The van der Waals surface area contributed by atoms with E-state index in [0.717, 1.165) is 5.92 Å². The third-order valence-corrected chi connectivity index (χ3v) is 3.67. The summed E-state index contributed by atoms with van der Waals surface area (Å²) in [6, 6.07) is 0. The van der Waals surface area contributed by atoms with Crippen molar-refractivity contribution in [2.24, 2.45) is 11.8 Å². The van der Waals surface area contributed by atoms with Crippen molar-refractivity contribution in [1.82, 2.24) is 10.6 Å². The maximum absolute atomic E-state index is 11.1. The van der Waals surface area contributed by atoms with Crippen LogP contribution in [-0.2, 0) is 4.79 Å². The van der Waals surface area contributed by atoms with Crippen LogP contribution in [0.25, 0.3) is 0 Å². The summed E-state index contributed by atoms with van der Waals surface area (Å²) < 4.78 is 0. The summed E-state index contributed by atoms with van der Waals surface area (Å²) in [6.07, 6.45) is 6.82. The van der Waals surface area contributed by atoms with Gasteiger partial charge in [-0.3, -0.25) is 10.1 Å². The van der Waals surface area contributed by atoms with Gasteiger partial charge in [-0.1, -0.05) is 26.2 Å². The monoisotopic (exact) mass is 196 g/mol. The molecule has 0 aromatic carbocycles. The summed E-state index contributed by atoms with van der Waals surface area (Å²) in [7, 11) is 0. The number of hydrogen-bond acceptors (Lipinski definition) is 2. The number of amides is 1. The Kier molecular flexibility index (Phi) is 3.06. The lowest BCUT2D eigenvalue weighted by molar-refractivity contribution is -0.118. The van der Waals surface area contributed by atoms with Crippen LogP contribution in [0.2, 0.25) is 0 Å². The highest BCUT2D eigenvalue weighted by molar-refractivity contribution is 5.80. The van der Waals surface area contributed by atoms with Crippen LogP contribution in [0, 0.1) is 11.8 Å². The van der Waals surface area contributed by atoms with E-state index in [9.17, 15) is 4.79 Å². The lowest BCUT2D eigenvalue weighted by atomic mass is 9.79. The molecular weight excluding hydrogens is 176 g/mol. The molecule has 1 saturated carbocycles. The van der Waals surface area contributed by atoms with Crippen molar-refractivity contribution < 1.29 is 4.79 Å². The van der Waals surface area contributed by atoms with E-state index in [4.69, 9.17) is 0 Å². The van der Waals surface area contributed by atoms with Crippen LogP contribution in [0.5, 0.6) is 0 Å². The fourth-order valence-electron chi connectivity index (χ4n) is 2.77. The normalized spacial score (nSPS) is 38.4. The van der Waals surface area contributed by atoms with Crippen molar-refractivity contribution in [3.8, 4) is 0 Å². The summed E-state index contributed by atoms with van der Waals surface area (Å²) in [5.74, 6) is 1.71. The summed E-state index contributed by atoms with van der Waals surface area (Å²) in [5.41, 5.74) is 0. The van der Waals surface area contributed by atoms with E-state index < -0.39 is 0 Å². The molecule has 3 heteroatoms. The Morgan fingerprint density at radius 1 is 1.43 bits per heavy atom. The van der Waals surface area contributed by atoms with E-state index in [1.165, 1.54) is 32.1 Å². The fraction of sp³-hybridized carbons (Fsp3) is 0.909. The molecule has 2 fully saturated rings. The van der Waals surface area contributed by atoms with Gasteiger partial charge in [0.15, 0.2) is 0 Å². The van der Waals surface area contributed by atoms with Gasteiger partial charge in [0.25, 0.3) is 0 Å². The standard InChI is InChI=1S/C11H20N2O/c1-2-8-4-3-5-9(6-8)11-12-7-10(14)13-11/h8-9,11-12H,2-7H2,1H3,(H,13,14). The quantitative estimate of drug-likeness (QED) is 0.698. The van der Waals surface area contributed by atoms with E-state index >= 15 is 0 Å². The van der Waals surface area contributed by atoms with Crippen molar-refractivity contribution in [2.45, 2.75) is 45.2 Å². The molecule has 0 aromatic heterocycles. The van der Waals surface area contributed by atoms with E-state index in [-0.39, 0.29) is 12.1 Å². The van der Waals surface area contributed by atoms with Crippen LogP contribution in [-0.4, -0.2) is 18.6 Å². The molecular formula is C11H20N2O. The third-order valence-electron chi connectivity index (χ3n) is 3.67. The van der Waals surface area contributed by atoms with Gasteiger partial charge in [-0.25, -0.2) is 0 Å². The first-order chi connectivity index (χ1) is 6.79. The number of hydrogen-bond donors (Lipinski definition) is 2.